The van der Waals surface area contributed by atoms with E-state index in [4.69, 9.17) is 0 Å². The minimum absolute atomic E-state index is 0.135. The van der Waals surface area contributed by atoms with Gasteiger partial charge < -0.3 is 5.32 Å². The number of rotatable bonds is 5. The Morgan fingerprint density at radius 3 is 2.88 bits per heavy atom. The van der Waals surface area contributed by atoms with Crippen molar-refractivity contribution in [2.45, 2.75) is 11.3 Å². The summed E-state index contributed by atoms with van der Waals surface area (Å²) in [5.41, 5.74) is 0. The minimum atomic E-state index is -0.524. The molecular formula is C9H12N4O2S2. The molecule has 0 radical (unpaired) electrons. The number of imide groups is 1. The van der Waals surface area contributed by atoms with E-state index in [1.165, 1.54) is 29.2 Å². The van der Waals surface area contributed by atoms with Gasteiger partial charge in [0, 0.05) is 6.54 Å². The van der Waals surface area contributed by atoms with E-state index >= 15 is 0 Å². The van der Waals surface area contributed by atoms with Crippen molar-refractivity contribution in [2.24, 2.45) is 0 Å². The fourth-order valence-electron chi connectivity index (χ4n) is 0.836. The van der Waals surface area contributed by atoms with Crippen molar-refractivity contribution in [3.05, 3.63) is 17.7 Å². The van der Waals surface area contributed by atoms with Crippen molar-refractivity contribution >= 4 is 35.0 Å². The summed E-state index contributed by atoms with van der Waals surface area (Å²) in [5.74, 6) is -0.236. The van der Waals surface area contributed by atoms with E-state index in [2.05, 4.69) is 27.4 Å². The van der Waals surface area contributed by atoms with Gasteiger partial charge in [-0.3, -0.25) is 10.1 Å². The van der Waals surface area contributed by atoms with Gasteiger partial charge in [0.25, 0.3) is 0 Å². The highest BCUT2D eigenvalue weighted by atomic mass is 32.2. The van der Waals surface area contributed by atoms with Gasteiger partial charge in [0.1, 0.15) is 5.01 Å². The molecule has 1 aromatic rings. The highest BCUT2D eigenvalue weighted by molar-refractivity contribution is 8.01. The first kappa shape index (κ1) is 13.7. The van der Waals surface area contributed by atoms with Gasteiger partial charge in [-0.25, -0.2) is 4.79 Å². The first-order valence-electron chi connectivity index (χ1n) is 4.73. The maximum atomic E-state index is 11.3. The Bertz CT molecular complexity index is 419. The van der Waals surface area contributed by atoms with E-state index in [1.807, 2.05) is 6.92 Å². The van der Waals surface area contributed by atoms with Gasteiger partial charge in [0.15, 0.2) is 4.34 Å². The minimum Gasteiger partial charge on any atom is -0.334 e. The van der Waals surface area contributed by atoms with Crippen LogP contribution < -0.4 is 10.6 Å². The highest BCUT2D eigenvalue weighted by Crippen LogP contribution is 2.21. The van der Waals surface area contributed by atoms with Gasteiger partial charge in [-0.1, -0.05) is 29.2 Å². The fourth-order valence-corrected chi connectivity index (χ4v) is 2.45. The van der Waals surface area contributed by atoms with Crippen LogP contribution in [0.4, 0.5) is 4.79 Å². The summed E-state index contributed by atoms with van der Waals surface area (Å²) < 4.78 is 0.712. The van der Waals surface area contributed by atoms with Crippen LogP contribution in [0.25, 0.3) is 0 Å². The number of aryl methyl sites for hydroxylation is 1. The van der Waals surface area contributed by atoms with Crippen LogP contribution in [0, 0.1) is 6.92 Å². The number of nitrogens with zero attached hydrogens (tertiary/aromatic N) is 2. The Kier molecular flexibility index (Phi) is 5.64. The third kappa shape index (κ3) is 5.45. The summed E-state index contributed by atoms with van der Waals surface area (Å²) >= 11 is 2.66. The number of carbonyl (C=O) groups excluding carboxylic acids is 2. The summed E-state index contributed by atoms with van der Waals surface area (Å²) in [6.45, 7) is 5.60. The number of amides is 3. The van der Waals surface area contributed by atoms with Crippen molar-refractivity contribution in [2.75, 3.05) is 12.3 Å². The van der Waals surface area contributed by atoms with E-state index in [9.17, 15) is 9.59 Å². The van der Waals surface area contributed by atoms with Crippen LogP contribution >= 0.6 is 23.1 Å². The zero-order chi connectivity index (χ0) is 12.7. The lowest BCUT2D eigenvalue weighted by Gasteiger charge is -2.03. The Hall–Kier alpha value is -1.41. The van der Waals surface area contributed by atoms with Gasteiger partial charge >= 0.3 is 6.03 Å². The molecule has 8 heteroatoms. The SMILES string of the molecule is C=CCNC(=O)NC(=O)CSc1nnc(C)s1. The van der Waals surface area contributed by atoms with Gasteiger partial charge in [-0.05, 0) is 6.92 Å². The maximum Gasteiger partial charge on any atom is 0.321 e. The van der Waals surface area contributed by atoms with Crippen LogP contribution in [-0.2, 0) is 4.79 Å². The molecule has 3 amide bonds. The van der Waals surface area contributed by atoms with Crippen molar-refractivity contribution in [3.63, 3.8) is 0 Å². The summed E-state index contributed by atoms with van der Waals surface area (Å²) in [7, 11) is 0. The average Bonchev–Trinajstić information content (AvgIpc) is 2.70. The van der Waals surface area contributed by atoms with Gasteiger partial charge in [0.2, 0.25) is 5.91 Å². The van der Waals surface area contributed by atoms with E-state index in [-0.39, 0.29) is 11.7 Å². The van der Waals surface area contributed by atoms with Gasteiger partial charge in [-0.2, -0.15) is 0 Å². The van der Waals surface area contributed by atoms with Crippen LogP contribution in [0.2, 0.25) is 0 Å². The van der Waals surface area contributed by atoms with Crippen molar-refractivity contribution in [1.29, 1.82) is 0 Å². The zero-order valence-corrected chi connectivity index (χ0v) is 10.9. The third-order valence-electron chi connectivity index (χ3n) is 1.49. The Labute approximate surface area is 107 Å². The Morgan fingerprint density at radius 1 is 1.53 bits per heavy atom. The molecule has 0 saturated carbocycles. The largest absolute Gasteiger partial charge is 0.334 e. The fraction of sp³-hybridized carbons (Fsp3) is 0.333. The normalized spacial score (nSPS) is 9.71. The molecule has 0 aliphatic rings. The number of nitrogens with one attached hydrogen (secondary N) is 2. The lowest BCUT2D eigenvalue weighted by atomic mass is 10.6. The number of hydrogen-bond donors (Lipinski definition) is 2. The van der Waals surface area contributed by atoms with Crippen molar-refractivity contribution in [1.82, 2.24) is 20.8 Å². The van der Waals surface area contributed by atoms with Crippen LogP contribution in [-0.4, -0.2) is 34.4 Å². The molecule has 2 N–H and O–H groups in total. The first-order chi connectivity index (χ1) is 8.11. The van der Waals surface area contributed by atoms with Gasteiger partial charge in [-0.15, -0.1) is 16.8 Å². The predicted octanol–water partition coefficient (Wildman–Crippen LogP) is 0.950. The molecule has 1 aromatic heterocycles. The maximum absolute atomic E-state index is 11.3. The molecule has 0 saturated heterocycles. The van der Waals surface area contributed by atoms with E-state index in [0.29, 0.717) is 10.9 Å². The zero-order valence-electron chi connectivity index (χ0n) is 9.23. The number of hydrogen-bond acceptors (Lipinski definition) is 6. The second-order valence-corrected chi connectivity index (χ2v) is 5.33. The molecule has 6 nitrogen and oxygen atoms in total. The molecule has 0 fully saturated rings. The molecule has 0 aliphatic carbocycles. The number of aromatic nitrogens is 2. The summed E-state index contributed by atoms with van der Waals surface area (Å²) in [6.07, 6.45) is 1.53. The Morgan fingerprint density at radius 2 is 2.29 bits per heavy atom. The summed E-state index contributed by atoms with van der Waals surface area (Å²) in [5, 5.41) is 13.2. The molecule has 0 unspecified atom stereocenters. The van der Waals surface area contributed by atoms with Crippen LogP contribution in [0.15, 0.2) is 17.0 Å². The van der Waals surface area contributed by atoms with Crippen LogP contribution in [0.3, 0.4) is 0 Å². The number of thioether (sulfide) groups is 1. The molecule has 0 aliphatic heterocycles. The molecule has 0 aromatic carbocycles. The standard InChI is InChI=1S/C9H12N4O2S2/c1-3-4-10-8(15)11-7(14)5-16-9-13-12-6(2)17-9/h3H,1,4-5H2,2H3,(H2,10,11,14,15). The smallest absolute Gasteiger partial charge is 0.321 e. The second-order valence-electron chi connectivity index (χ2n) is 2.92. The summed E-state index contributed by atoms with van der Waals surface area (Å²) in [6, 6.07) is -0.524. The molecule has 1 heterocycles. The predicted molar refractivity (Wildman–Crippen MR) is 67.1 cm³/mol. The quantitative estimate of drug-likeness (QED) is 0.616. The van der Waals surface area contributed by atoms with E-state index in [0.717, 1.165) is 5.01 Å². The summed E-state index contributed by atoms with van der Waals surface area (Å²) in [4.78, 5) is 22.4. The van der Waals surface area contributed by atoms with Crippen molar-refractivity contribution in [3.8, 4) is 0 Å². The molecule has 0 atom stereocenters. The molecule has 17 heavy (non-hydrogen) atoms. The molecule has 1 rings (SSSR count). The lowest BCUT2D eigenvalue weighted by molar-refractivity contribution is -0.117. The van der Waals surface area contributed by atoms with E-state index in [1.54, 1.807) is 0 Å². The Balaban J connectivity index is 2.25. The molecular weight excluding hydrogens is 260 g/mol. The molecule has 0 spiro atoms. The monoisotopic (exact) mass is 272 g/mol. The first-order valence-corrected chi connectivity index (χ1v) is 6.53. The lowest BCUT2D eigenvalue weighted by Crippen LogP contribution is -2.40. The van der Waals surface area contributed by atoms with E-state index < -0.39 is 6.03 Å². The van der Waals surface area contributed by atoms with Crippen LogP contribution in [0.1, 0.15) is 5.01 Å². The average molecular weight is 272 g/mol. The highest BCUT2D eigenvalue weighted by Gasteiger charge is 2.09. The van der Waals surface area contributed by atoms with Crippen LogP contribution in [0.5, 0.6) is 0 Å². The number of carbonyl (C=O) groups is 2. The second kappa shape index (κ2) is 7.02. The molecule has 0 bridgehead atoms. The van der Waals surface area contributed by atoms with Gasteiger partial charge in [0.05, 0.1) is 5.75 Å². The van der Waals surface area contributed by atoms with Crippen molar-refractivity contribution < 1.29 is 9.59 Å². The number of urea groups is 1. The third-order valence-corrected chi connectivity index (χ3v) is 3.47. The topological polar surface area (TPSA) is 84.0 Å². The molecule has 92 valence electrons.